The van der Waals surface area contributed by atoms with Crippen LogP contribution in [-0.4, -0.2) is 19.3 Å². The predicted molar refractivity (Wildman–Crippen MR) is 68.0 cm³/mol. The Morgan fingerprint density at radius 3 is 2.41 bits per heavy atom. The smallest absolute Gasteiger partial charge is 0.203 e. The summed E-state index contributed by atoms with van der Waals surface area (Å²) in [5, 5.41) is 7.74. The van der Waals surface area contributed by atoms with Crippen LogP contribution in [0.4, 0.5) is 5.95 Å². The monoisotopic (exact) mass is 233 g/mol. The molecule has 92 valence electrons. The zero-order valence-electron chi connectivity index (χ0n) is 11.1. The van der Waals surface area contributed by atoms with E-state index in [1.54, 1.807) is 0 Å². The first-order valence-corrected chi connectivity index (χ1v) is 5.72. The molecule has 0 amide bonds. The molecule has 0 saturated heterocycles. The van der Waals surface area contributed by atoms with E-state index in [2.05, 4.69) is 22.3 Å². The zero-order valence-corrected chi connectivity index (χ0v) is 11.1. The molecule has 0 saturated carbocycles. The van der Waals surface area contributed by atoms with E-state index in [0.717, 1.165) is 23.9 Å². The first-order valence-electron chi connectivity index (χ1n) is 5.72. The van der Waals surface area contributed by atoms with Crippen molar-refractivity contribution in [3.63, 3.8) is 0 Å². The molecular weight excluding hydrogens is 214 g/mol. The van der Waals surface area contributed by atoms with E-state index in [9.17, 15) is 0 Å². The number of hydrogen-bond acceptors (Lipinski definition) is 3. The first-order chi connectivity index (χ1) is 7.99. The summed E-state index contributed by atoms with van der Waals surface area (Å²) < 4.78 is 3.91. The SMILES string of the molecule is Cc1cn(C)c(NCc2c(C)nn(C)c2C)n1. The van der Waals surface area contributed by atoms with Crippen LogP contribution in [0.25, 0.3) is 0 Å². The predicted octanol–water partition coefficient (Wildman–Crippen LogP) is 1.69. The summed E-state index contributed by atoms with van der Waals surface area (Å²) in [6.07, 6.45) is 2.01. The lowest BCUT2D eigenvalue weighted by Gasteiger charge is -2.06. The number of aryl methyl sites for hydroxylation is 4. The van der Waals surface area contributed by atoms with Crippen molar-refractivity contribution in [2.45, 2.75) is 27.3 Å². The molecule has 0 spiro atoms. The van der Waals surface area contributed by atoms with Gasteiger partial charge in [-0.25, -0.2) is 4.98 Å². The molecule has 0 bridgehead atoms. The van der Waals surface area contributed by atoms with Crippen LogP contribution < -0.4 is 5.32 Å². The van der Waals surface area contributed by atoms with Gasteiger partial charge in [-0.15, -0.1) is 0 Å². The lowest BCUT2D eigenvalue weighted by Crippen LogP contribution is -2.06. The minimum absolute atomic E-state index is 0.760. The number of nitrogens with zero attached hydrogens (tertiary/aromatic N) is 4. The van der Waals surface area contributed by atoms with Gasteiger partial charge < -0.3 is 9.88 Å². The van der Waals surface area contributed by atoms with Crippen molar-refractivity contribution < 1.29 is 0 Å². The molecule has 0 fully saturated rings. The van der Waals surface area contributed by atoms with Gasteiger partial charge in [-0.3, -0.25) is 4.68 Å². The van der Waals surface area contributed by atoms with Gasteiger partial charge in [-0.2, -0.15) is 5.10 Å². The van der Waals surface area contributed by atoms with Crippen LogP contribution in [0.3, 0.4) is 0 Å². The number of rotatable bonds is 3. The Morgan fingerprint density at radius 2 is 1.94 bits per heavy atom. The molecule has 17 heavy (non-hydrogen) atoms. The standard InChI is InChI=1S/C12H19N5/c1-8-7-16(4)12(14-8)13-6-11-9(2)15-17(5)10(11)3/h7H,6H2,1-5H3,(H,13,14). The fourth-order valence-electron chi connectivity index (χ4n) is 2.02. The summed E-state index contributed by atoms with van der Waals surface area (Å²) in [6.45, 7) is 6.87. The number of nitrogens with one attached hydrogen (secondary N) is 1. The van der Waals surface area contributed by atoms with Crippen molar-refractivity contribution >= 4 is 5.95 Å². The second-order valence-corrected chi connectivity index (χ2v) is 4.44. The second kappa shape index (κ2) is 4.24. The lowest BCUT2D eigenvalue weighted by molar-refractivity contribution is 0.730. The summed E-state index contributed by atoms with van der Waals surface area (Å²) in [4.78, 5) is 4.42. The van der Waals surface area contributed by atoms with Gasteiger partial charge in [-0.05, 0) is 20.8 Å². The van der Waals surface area contributed by atoms with E-state index < -0.39 is 0 Å². The Hall–Kier alpha value is -1.78. The number of hydrogen-bond donors (Lipinski definition) is 1. The molecule has 0 aliphatic carbocycles. The van der Waals surface area contributed by atoms with Gasteiger partial charge in [-0.1, -0.05) is 0 Å². The van der Waals surface area contributed by atoms with Gasteiger partial charge in [0.05, 0.1) is 11.4 Å². The van der Waals surface area contributed by atoms with Gasteiger partial charge in [0.15, 0.2) is 0 Å². The molecule has 2 heterocycles. The molecule has 5 heteroatoms. The molecule has 1 N–H and O–H groups in total. The average Bonchev–Trinajstić information content (AvgIpc) is 2.67. The van der Waals surface area contributed by atoms with E-state index in [-0.39, 0.29) is 0 Å². The molecule has 5 nitrogen and oxygen atoms in total. The second-order valence-electron chi connectivity index (χ2n) is 4.44. The highest BCUT2D eigenvalue weighted by molar-refractivity contribution is 5.33. The van der Waals surface area contributed by atoms with Crippen molar-refractivity contribution in [2.24, 2.45) is 14.1 Å². The van der Waals surface area contributed by atoms with Gasteiger partial charge in [0.1, 0.15) is 0 Å². The number of aromatic nitrogens is 4. The van der Waals surface area contributed by atoms with Crippen LogP contribution in [0.15, 0.2) is 6.20 Å². The van der Waals surface area contributed by atoms with E-state index in [0.29, 0.717) is 0 Å². The topological polar surface area (TPSA) is 47.7 Å². The van der Waals surface area contributed by atoms with Crippen LogP contribution >= 0.6 is 0 Å². The Balaban J connectivity index is 2.15. The third kappa shape index (κ3) is 2.18. The number of imidazole rings is 1. The van der Waals surface area contributed by atoms with E-state index in [1.165, 1.54) is 11.3 Å². The molecule has 0 aromatic carbocycles. The zero-order chi connectivity index (χ0) is 12.6. The average molecular weight is 233 g/mol. The molecule has 2 aromatic heterocycles. The summed E-state index contributed by atoms with van der Waals surface area (Å²) >= 11 is 0. The van der Waals surface area contributed by atoms with Crippen molar-refractivity contribution in [2.75, 3.05) is 5.32 Å². The fourth-order valence-corrected chi connectivity index (χ4v) is 2.02. The van der Waals surface area contributed by atoms with Gasteiger partial charge in [0, 0.05) is 38.1 Å². The molecule has 2 rings (SSSR count). The van der Waals surface area contributed by atoms with Crippen LogP contribution in [0.5, 0.6) is 0 Å². The van der Waals surface area contributed by atoms with Gasteiger partial charge in [0.25, 0.3) is 0 Å². The molecular formula is C12H19N5. The lowest BCUT2D eigenvalue weighted by atomic mass is 10.2. The van der Waals surface area contributed by atoms with Crippen LogP contribution in [-0.2, 0) is 20.6 Å². The molecule has 0 radical (unpaired) electrons. The summed E-state index contributed by atoms with van der Waals surface area (Å²) in [7, 11) is 3.96. The van der Waals surface area contributed by atoms with Gasteiger partial charge >= 0.3 is 0 Å². The summed E-state index contributed by atoms with van der Waals surface area (Å²) in [5.41, 5.74) is 4.53. The quantitative estimate of drug-likeness (QED) is 0.877. The van der Waals surface area contributed by atoms with E-state index in [1.807, 2.05) is 43.4 Å². The van der Waals surface area contributed by atoms with Crippen LogP contribution in [0.1, 0.15) is 22.6 Å². The third-order valence-corrected chi connectivity index (χ3v) is 3.08. The van der Waals surface area contributed by atoms with Gasteiger partial charge in [0.2, 0.25) is 5.95 Å². The number of anilines is 1. The molecule has 2 aromatic rings. The molecule has 0 aliphatic rings. The van der Waals surface area contributed by atoms with Crippen molar-refractivity contribution in [1.29, 1.82) is 0 Å². The van der Waals surface area contributed by atoms with Crippen molar-refractivity contribution in [1.82, 2.24) is 19.3 Å². The normalized spacial score (nSPS) is 10.9. The first kappa shape index (κ1) is 11.7. The Kier molecular flexibility index (Phi) is 2.92. The Morgan fingerprint density at radius 1 is 1.24 bits per heavy atom. The minimum Gasteiger partial charge on any atom is -0.351 e. The van der Waals surface area contributed by atoms with E-state index >= 15 is 0 Å². The largest absolute Gasteiger partial charge is 0.351 e. The highest BCUT2D eigenvalue weighted by Crippen LogP contribution is 2.14. The third-order valence-electron chi connectivity index (χ3n) is 3.08. The summed E-state index contributed by atoms with van der Waals surface area (Å²) in [5.74, 6) is 0.894. The maximum atomic E-state index is 4.42. The molecule has 0 aliphatic heterocycles. The van der Waals surface area contributed by atoms with E-state index in [4.69, 9.17) is 0 Å². The Labute approximate surface area is 101 Å². The van der Waals surface area contributed by atoms with Crippen molar-refractivity contribution in [3.8, 4) is 0 Å². The maximum Gasteiger partial charge on any atom is 0.203 e. The Bertz CT molecular complexity index is 535. The highest BCUT2D eigenvalue weighted by atomic mass is 15.3. The fraction of sp³-hybridized carbons (Fsp3) is 0.500. The summed E-state index contributed by atoms with van der Waals surface area (Å²) in [6, 6.07) is 0. The molecule has 0 unspecified atom stereocenters. The minimum atomic E-state index is 0.760. The van der Waals surface area contributed by atoms with Crippen LogP contribution in [0, 0.1) is 20.8 Å². The van der Waals surface area contributed by atoms with Crippen molar-refractivity contribution in [3.05, 3.63) is 28.8 Å². The maximum absolute atomic E-state index is 4.42. The van der Waals surface area contributed by atoms with Crippen LogP contribution in [0.2, 0.25) is 0 Å². The molecule has 0 atom stereocenters. The highest BCUT2D eigenvalue weighted by Gasteiger charge is 2.10.